The fraction of sp³-hybridized carbons (Fsp3) is 0.417. The fourth-order valence-corrected chi connectivity index (χ4v) is 1.28. The van der Waals surface area contributed by atoms with Crippen LogP contribution in [0.4, 0.5) is 0 Å². The molecular weight excluding hydrogens is 190 g/mol. The maximum atomic E-state index is 10.6. The van der Waals surface area contributed by atoms with Crippen molar-refractivity contribution in [3.63, 3.8) is 0 Å². The molecule has 1 aromatic carbocycles. The van der Waals surface area contributed by atoms with E-state index in [0.717, 1.165) is 18.4 Å². The molecule has 0 heterocycles. The topological polar surface area (TPSA) is 63.3 Å². The zero-order valence-corrected chi connectivity index (χ0v) is 9.16. The monoisotopic (exact) mass is 207 g/mol. The second-order valence-electron chi connectivity index (χ2n) is 4.49. The maximum Gasteiger partial charge on any atom is 0.335 e. The lowest BCUT2D eigenvalue weighted by Crippen LogP contribution is -2.32. The molecule has 0 fully saturated rings. The smallest absolute Gasteiger partial charge is 0.335 e. The van der Waals surface area contributed by atoms with Gasteiger partial charge in [0.25, 0.3) is 0 Å². The van der Waals surface area contributed by atoms with E-state index in [9.17, 15) is 4.79 Å². The normalized spacial score (nSPS) is 11.4. The number of aryl methyl sites for hydroxylation is 1. The van der Waals surface area contributed by atoms with Crippen LogP contribution in [0.5, 0.6) is 0 Å². The number of benzene rings is 1. The summed E-state index contributed by atoms with van der Waals surface area (Å²) < 4.78 is 0. The summed E-state index contributed by atoms with van der Waals surface area (Å²) >= 11 is 0. The molecule has 0 saturated heterocycles. The first-order chi connectivity index (χ1) is 6.88. The Labute approximate surface area is 89.9 Å². The molecule has 0 spiro atoms. The second-order valence-corrected chi connectivity index (χ2v) is 4.49. The number of hydrogen-bond acceptors (Lipinski definition) is 2. The number of carboxylic acid groups (broad SMARTS) is 1. The molecule has 0 bridgehead atoms. The highest BCUT2D eigenvalue weighted by Crippen LogP contribution is 2.11. The van der Waals surface area contributed by atoms with E-state index >= 15 is 0 Å². The third-order valence-corrected chi connectivity index (χ3v) is 2.26. The molecule has 15 heavy (non-hydrogen) atoms. The van der Waals surface area contributed by atoms with Crippen molar-refractivity contribution in [3.05, 3.63) is 35.4 Å². The zero-order valence-electron chi connectivity index (χ0n) is 9.16. The molecule has 0 radical (unpaired) electrons. The summed E-state index contributed by atoms with van der Waals surface area (Å²) in [6.45, 7) is 3.97. The predicted octanol–water partition coefficient (Wildman–Crippen LogP) is 2.05. The van der Waals surface area contributed by atoms with Gasteiger partial charge in [-0.3, -0.25) is 0 Å². The van der Waals surface area contributed by atoms with E-state index < -0.39 is 5.97 Å². The largest absolute Gasteiger partial charge is 0.478 e. The first-order valence-corrected chi connectivity index (χ1v) is 4.99. The molecule has 0 unspecified atom stereocenters. The van der Waals surface area contributed by atoms with Crippen molar-refractivity contribution in [2.24, 2.45) is 5.73 Å². The highest BCUT2D eigenvalue weighted by molar-refractivity contribution is 5.87. The minimum Gasteiger partial charge on any atom is -0.478 e. The van der Waals surface area contributed by atoms with Crippen molar-refractivity contribution in [1.29, 1.82) is 0 Å². The quantitative estimate of drug-likeness (QED) is 0.794. The molecule has 1 aromatic rings. The lowest BCUT2D eigenvalue weighted by atomic mass is 9.96. The molecule has 3 nitrogen and oxygen atoms in total. The van der Waals surface area contributed by atoms with E-state index in [0.29, 0.717) is 5.56 Å². The van der Waals surface area contributed by atoms with Crippen LogP contribution in [0, 0.1) is 0 Å². The van der Waals surface area contributed by atoms with E-state index in [1.54, 1.807) is 12.1 Å². The molecule has 3 heteroatoms. The summed E-state index contributed by atoms with van der Waals surface area (Å²) in [7, 11) is 0. The summed E-state index contributed by atoms with van der Waals surface area (Å²) in [4.78, 5) is 10.6. The average Bonchev–Trinajstić information content (AvgIpc) is 2.14. The molecule has 82 valence electrons. The molecule has 0 amide bonds. The Morgan fingerprint density at radius 2 is 1.87 bits per heavy atom. The van der Waals surface area contributed by atoms with Gasteiger partial charge in [-0.1, -0.05) is 12.1 Å². The lowest BCUT2D eigenvalue weighted by Gasteiger charge is -2.17. The van der Waals surface area contributed by atoms with Gasteiger partial charge in [0.15, 0.2) is 0 Å². The van der Waals surface area contributed by atoms with Gasteiger partial charge in [-0.25, -0.2) is 4.79 Å². The number of carboxylic acids is 1. The van der Waals surface area contributed by atoms with E-state index in [4.69, 9.17) is 10.8 Å². The Morgan fingerprint density at radius 1 is 1.33 bits per heavy atom. The third-order valence-electron chi connectivity index (χ3n) is 2.26. The van der Waals surface area contributed by atoms with Gasteiger partial charge in [-0.2, -0.15) is 0 Å². The molecule has 0 aliphatic heterocycles. The van der Waals surface area contributed by atoms with Gasteiger partial charge in [0.05, 0.1) is 5.56 Å². The van der Waals surface area contributed by atoms with Crippen molar-refractivity contribution in [2.75, 3.05) is 0 Å². The Balaban J connectivity index is 2.61. The van der Waals surface area contributed by atoms with Crippen LogP contribution in [-0.4, -0.2) is 16.6 Å². The van der Waals surface area contributed by atoms with Crippen molar-refractivity contribution < 1.29 is 9.90 Å². The van der Waals surface area contributed by atoms with E-state index in [1.165, 1.54) is 0 Å². The van der Waals surface area contributed by atoms with Crippen LogP contribution in [0.2, 0.25) is 0 Å². The minimum atomic E-state index is -0.888. The van der Waals surface area contributed by atoms with E-state index in [-0.39, 0.29) is 5.54 Å². The minimum absolute atomic E-state index is 0.175. The Kier molecular flexibility index (Phi) is 3.48. The fourth-order valence-electron chi connectivity index (χ4n) is 1.28. The van der Waals surface area contributed by atoms with Crippen molar-refractivity contribution in [3.8, 4) is 0 Å². The summed E-state index contributed by atoms with van der Waals surface area (Å²) in [5.41, 5.74) is 7.14. The SMILES string of the molecule is CC(C)(N)CCc1ccc(C(=O)O)cc1. The average molecular weight is 207 g/mol. The molecule has 1 rings (SSSR count). The second kappa shape index (κ2) is 4.45. The van der Waals surface area contributed by atoms with Crippen LogP contribution < -0.4 is 5.73 Å². The number of carbonyl (C=O) groups is 1. The van der Waals surface area contributed by atoms with Gasteiger partial charge in [0.2, 0.25) is 0 Å². The molecule has 0 aromatic heterocycles. The molecule has 0 atom stereocenters. The Bertz CT molecular complexity index is 336. The number of hydrogen-bond donors (Lipinski definition) is 2. The van der Waals surface area contributed by atoms with Gasteiger partial charge < -0.3 is 10.8 Å². The van der Waals surface area contributed by atoms with Crippen LogP contribution in [0.1, 0.15) is 36.2 Å². The number of aromatic carboxylic acids is 1. The highest BCUT2D eigenvalue weighted by Gasteiger charge is 2.10. The summed E-state index contributed by atoms with van der Waals surface area (Å²) in [6, 6.07) is 6.94. The number of nitrogens with two attached hydrogens (primary N) is 1. The summed E-state index contributed by atoms with van der Waals surface area (Å²) in [6.07, 6.45) is 1.77. The van der Waals surface area contributed by atoms with Gasteiger partial charge in [-0.05, 0) is 44.4 Å². The first-order valence-electron chi connectivity index (χ1n) is 4.99. The van der Waals surface area contributed by atoms with Crippen LogP contribution in [0.15, 0.2) is 24.3 Å². The van der Waals surface area contributed by atoms with Crippen LogP contribution >= 0.6 is 0 Å². The van der Waals surface area contributed by atoms with Crippen LogP contribution in [-0.2, 0) is 6.42 Å². The van der Waals surface area contributed by atoms with Gasteiger partial charge in [-0.15, -0.1) is 0 Å². The van der Waals surface area contributed by atoms with Crippen LogP contribution in [0.25, 0.3) is 0 Å². The summed E-state index contributed by atoms with van der Waals surface area (Å²) in [5, 5.41) is 8.71. The molecule has 3 N–H and O–H groups in total. The third kappa shape index (κ3) is 4.13. The van der Waals surface area contributed by atoms with Gasteiger partial charge in [0, 0.05) is 5.54 Å². The Hall–Kier alpha value is -1.35. The standard InChI is InChI=1S/C12H17NO2/c1-12(2,13)8-7-9-3-5-10(6-4-9)11(14)15/h3-6H,7-8,13H2,1-2H3,(H,14,15). The van der Waals surface area contributed by atoms with Crippen molar-refractivity contribution in [2.45, 2.75) is 32.2 Å². The van der Waals surface area contributed by atoms with Gasteiger partial charge >= 0.3 is 5.97 Å². The van der Waals surface area contributed by atoms with E-state index in [2.05, 4.69) is 0 Å². The molecule has 0 aliphatic carbocycles. The Morgan fingerprint density at radius 3 is 2.27 bits per heavy atom. The van der Waals surface area contributed by atoms with Crippen molar-refractivity contribution in [1.82, 2.24) is 0 Å². The van der Waals surface area contributed by atoms with Crippen LogP contribution in [0.3, 0.4) is 0 Å². The molecule has 0 saturated carbocycles. The maximum absolute atomic E-state index is 10.6. The van der Waals surface area contributed by atoms with E-state index in [1.807, 2.05) is 26.0 Å². The first kappa shape index (κ1) is 11.7. The zero-order chi connectivity index (χ0) is 11.5. The predicted molar refractivity (Wildman–Crippen MR) is 60.0 cm³/mol. The number of rotatable bonds is 4. The summed E-state index contributed by atoms with van der Waals surface area (Å²) in [5.74, 6) is -0.888. The van der Waals surface area contributed by atoms with Gasteiger partial charge in [0.1, 0.15) is 0 Å². The molecule has 0 aliphatic rings. The lowest BCUT2D eigenvalue weighted by molar-refractivity contribution is 0.0697. The van der Waals surface area contributed by atoms with Crippen molar-refractivity contribution >= 4 is 5.97 Å². The highest BCUT2D eigenvalue weighted by atomic mass is 16.4. The molecular formula is C12H17NO2.